The molecule has 4 heteroatoms. The summed E-state index contributed by atoms with van der Waals surface area (Å²) in [7, 11) is 0. The number of carbonyl (C=O) groups is 1. The van der Waals surface area contributed by atoms with Crippen molar-refractivity contribution in [1.82, 2.24) is 4.90 Å². The maximum absolute atomic E-state index is 12.4. The minimum Gasteiger partial charge on any atom is -0.391 e. The van der Waals surface area contributed by atoms with Crippen LogP contribution in [0.1, 0.15) is 86.0 Å². The van der Waals surface area contributed by atoms with Crippen molar-refractivity contribution >= 4 is 5.78 Å². The lowest BCUT2D eigenvalue weighted by atomic mass is 9.44. The molecule has 5 fully saturated rings. The van der Waals surface area contributed by atoms with Crippen molar-refractivity contribution in [3.8, 4) is 0 Å². The van der Waals surface area contributed by atoms with Crippen molar-refractivity contribution in [2.45, 2.75) is 110 Å². The van der Waals surface area contributed by atoms with Crippen molar-refractivity contribution in [2.24, 2.45) is 40.4 Å². The van der Waals surface area contributed by atoms with E-state index in [0.29, 0.717) is 23.0 Å². The lowest BCUT2D eigenvalue weighted by molar-refractivity contribution is -0.166. The van der Waals surface area contributed by atoms with Gasteiger partial charge < -0.3 is 9.84 Å². The zero-order valence-electron chi connectivity index (χ0n) is 20.5. The number of hydrogen-bond donors (Lipinski definition) is 1. The van der Waals surface area contributed by atoms with Crippen LogP contribution in [-0.2, 0) is 9.53 Å². The predicted octanol–water partition coefficient (Wildman–Crippen LogP) is 4.68. The molecule has 4 nitrogen and oxygen atoms in total. The van der Waals surface area contributed by atoms with Gasteiger partial charge in [-0.15, -0.1) is 0 Å². The summed E-state index contributed by atoms with van der Waals surface area (Å²) in [5.74, 6) is 3.65. The van der Waals surface area contributed by atoms with E-state index >= 15 is 0 Å². The lowest BCUT2D eigenvalue weighted by Gasteiger charge is -2.62. The fraction of sp³-hybridized carbons (Fsp3) is 0.963. The molecular weight excluding hydrogens is 386 g/mol. The van der Waals surface area contributed by atoms with Crippen molar-refractivity contribution in [3.63, 3.8) is 0 Å². The quantitative estimate of drug-likeness (QED) is 0.689. The van der Waals surface area contributed by atoms with Crippen molar-refractivity contribution in [1.29, 1.82) is 0 Å². The number of aliphatic hydroxyl groups is 1. The molecule has 11 atom stereocenters. The Labute approximate surface area is 189 Å². The van der Waals surface area contributed by atoms with Crippen LogP contribution < -0.4 is 0 Å². The fourth-order valence-electron chi connectivity index (χ4n) is 9.80. The van der Waals surface area contributed by atoms with Gasteiger partial charge >= 0.3 is 0 Å². The first-order valence-corrected chi connectivity index (χ1v) is 13.2. The van der Waals surface area contributed by atoms with Gasteiger partial charge in [-0.25, -0.2) is 0 Å². The van der Waals surface area contributed by atoms with Crippen molar-refractivity contribution in [3.05, 3.63) is 0 Å². The number of ether oxygens (including phenoxy) is 1. The van der Waals surface area contributed by atoms with E-state index in [1.54, 1.807) is 0 Å². The molecule has 0 bridgehead atoms. The summed E-state index contributed by atoms with van der Waals surface area (Å²) in [4.78, 5) is 15.0. The molecule has 1 N–H and O–H groups in total. The number of nitrogens with zero attached hydrogens (tertiary/aromatic N) is 1. The Balaban J connectivity index is 1.39. The van der Waals surface area contributed by atoms with E-state index in [4.69, 9.17) is 4.74 Å². The molecule has 9 unspecified atom stereocenters. The molecule has 176 valence electrons. The summed E-state index contributed by atoms with van der Waals surface area (Å²) in [6.07, 6.45) is 9.88. The smallest absolute Gasteiger partial charge is 0.133 e. The molecule has 0 radical (unpaired) electrons. The largest absolute Gasteiger partial charge is 0.391 e. The minimum atomic E-state index is -0.199. The first-order valence-electron chi connectivity index (χ1n) is 13.2. The molecule has 4 aliphatic carbocycles. The van der Waals surface area contributed by atoms with Crippen LogP contribution >= 0.6 is 0 Å². The molecule has 31 heavy (non-hydrogen) atoms. The van der Waals surface area contributed by atoms with Gasteiger partial charge in [-0.05, 0) is 107 Å². The number of rotatable bonds is 2. The van der Waals surface area contributed by atoms with E-state index in [2.05, 4.69) is 32.6 Å². The summed E-state index contributed by atoms with van der Waals surface area (Å²) in [6.45, 7) is 13.1. The summed E-state index contributed by atoms with van der Waals surface area (Å²) >= 11 is 0. The third-order valence-electron chi connectivity index (χ3n) is 11.1. The van der Waals surface area contributed by atoms with Crippen LogP contribution in [0.3, 0.4) is 0 Å². The first-order chi connectivity index (χ1) is 14.6. The van der Waals surface area contributed by atoms with Crippen molar-refractivity contribution < 1.29 is 14.6 Å². The second-order valence-corrected chi connectivity index (χ2v) is 12.7. The number of fused-ring (bicyclic) bond motifs is 5. The molecule has 0 aromatic carbocycles. The number of morpholine rings is 1. The van der Waals surface area contributed by atoms with Gasteiger partial charge in [0.1, 0.15) is 5.78 Å². The summed E-state index contributed by atoms with van der Waals surface area (Å²) in [5, 5.41) is 11.2. The zero-order chi connectivity index (χ0) is 22.1. The first kappa shape index (κ1) is 22.3. The molecule has 1 aliphatic heterocycles. The van der Waals surface area contributed by atoms with Gasteiger partial charge in [0.05, 0.1) is 18.3 Å². The predicted molar refractivity (Wildman–Crippen MR) is 123 cm³/mol. The third kappa shape index (κ3) is 3.46. The highest BCUT2D eigenvalue weighted by Gasteiger charge is 2.62. The Morgan fingerprint density at radius 1 is 0.968 bits per heavy atom. The van der Waals surface area contributed by atoms with E-state index in [9.17, 15) is 9.90 Å². The molecule has 0 spiro atoms. The Bertz CT molecular complexity index is 701. The average molecular weight is 432 g/mol. The standard InChI is InChI=1S/C27H45NO3/c1-16-14-28(15-17(2)31-16)24-13-27(5)19(12-25(24)30)6-7-20-22-9-8-21(18(3)29)26(22,4)11-10-23(20)27/h16-17,19-25,30H,6-15H2,1-5H3/t16?,17?,19?,20?,21?,22?,23?,24?,25?,26-,27+/m1/s1. The number of Topliss-reactive ketones (excluding diaryl/α,β-unsaturated/α-hetero) is 1. The van der Waals surface area contributed by atoms with E-state index in [1.807, 2.05) is 6.92 Å². The van der Waals surface area contributed by atoms with Crippen LogP contribution in [0.4, 0.5) is 0 Å². The summed E-state index contributed by atoms with van der Waals surface area (Å²) in [5.41, 5.74) is 0.562. The van der Waals surface area contributed by atoms with Crippen LogP contribution in [0.25, 0.3) is 0 Å². The van der Waals surface area contributed by atoms with E-state index in [1.165, 1.54) is 32.1 Å². The highest BCUT2D eigenvalue weighted by atomic mass is 16.5. The normalized spacial score (nSPS) is 55.2. The van der Waals surface area contributed by atoms with Gasteiger partial charge in [0.25, 0.3) is 0 Å². The number of ketones is 1. The number of carbonyl (C=O) groups excluding carboxylic acids is 1. The fourth-order valence-corrected chi connectivity index (χ4v) is 9.80. The summed E-state index contributed by atoms with van der Waals surface area (Å²) < 4.78 is 6.00. The number of aliphatic hydroxyl groups excluding tert-OH is 1. The van der Waals surface area contributed by atoms with Crippen LogP contribution in [0, 0.1) is 40.4 Å². The second-order valence-electron chi connectivity index (χ2n) is 12.7. The molecule has 0 aromatic rings. The van der Waals surface area contributed by atoms with E-state index < -0.39 is 0 Å². The molecule has 1 heterocycles. The van der Waals surface area contributed by atoms with E-state index in [0.717, 1.165) is 50.1 Å². The highest BCUT2D eigenvalue weighted by molar-refractivity contribution is 5.79. The Morgan fingerprint density at radius 2 is 1.65 bits per heavy atom. The molecule has 5 aliphatic rings. The minimum absolute atomic E-state index is 0.199. The van der Waals surface area contributed by atoms with Gasteiger partial charge in [0, 0.05) is 25.0 Å². The van der Waals surface area contributed by atoms with Crippen LogP contribution in [-0.4, -0.2) is 53.2 Å². The lowest BCUT2D eigenvalue weighted by Crippen LogP contribution is -2.62. The average Bonchev–Trinajstić information content (AvgIpc) is 3.05. The molecule has 0 aromatic heterocycles. The van der Waals surface area contributed by atoms with Gasteiger partial charge in [-0.1, -0.05) is 13.8 Å². The highest BCUT2D eigenvalue weighted by Crippen LogP contribution is 2.67. The molecular formula is C27H45NO3. The third-order valence-corrected chi connectivity index (χ3v) is 11.1. The molecule has 5 rings (SSSR count). The topological polar surface area (TPSA) is 49.8 Å². The van der Waals surface area contributed by atoms with Gasteiger partial charge in [0.2, 0.25) is 0 Å². The maximum Gasteiger partial charge on any atom is 0.133 e. The van der Waals surface area contributed by atoms with Crippen LogP contribution in [0.15, 0.2) is 0 Å². The molecule has 4 saturated carbocycles. The summed E-state index contributed by atoms with van der Waals surface area (Å²) in [6, 6.07) is 0.274. The SMILES string of the molecule is CC(=O)C1CCC2C3CCC4CC(O)C(N5CC(C)OC(C)C5)C[C@]4(C)C3CC[C@]12C. The van der Waals surface area contributed by atoms with Gasteiger partial charge in [0.15, 0.2) is 0 Å². The maximum atomic E-state index is 12.4. The monoisotopic (exact) mass is 431 g/mol. The number of hydrogen-bond acceptors (Lipinski definition) is 4. The van der Waals surface area contributed by atoms with Gasteiger partial charge in [-0.2, -0.15) is 0 Å². The molecule has 0 amide bonds. The Kier molecular flexibility index (Phi) is 5.63. The van der Waals surface area contributed by atoms with Gasteiger partial charge in [-0.3, -0.25) is 9.69 Å². The Morgan fingerprint density at radius 3 is 2.32 bits per heavy atom. The Hall–Kier alpha value is -0.450. The van der Waals surface area contributed by atoms with Crippen molar-refractivity contribution in [2.75, 3.05) is 13.1 Å². The van der Waals surface area contributed by atoms with E-state index in [-0.39, 0.29) is 29.8 Å². The van der Waals surface area contributed by atoms with Crippen LogP contribution in [0.2, 0.25) is 0 Å². The second kappa shape index (κ2) is 7.81. The zero-order valence-corrected chi connectivity index (χ0v) is 20.5. The molecule has 1 saturated heterocycles. The van der Waals surface area contributed by atoms with Crippen LogP contribution in [0.5, 0.6) is 0 Å².